The number of benzene rings is 1. The molecular formula is C31H44N6O2. The summed E-state index contributed by atoms with van der Waals surface area (Å²) >= 11 is 0. The van der Waals surface area contributed by atoms with Gasteiger partial charge in [-0.2, -0.15) is 5.10 Å². The van der Waals surface area contributed by atoms with Gasteiger partial charge in [0, 0.05) is 12.6 Å². The number of amides is 2. The number of aryl methyl sites for hydroxylation is 2. The summed E-state index contributed by atoms with van der Waals surface area (Å²) in [6.45, 7) is 20.0. The summed E-state index contributed by atoms with van der Waals surface area (Å²) in [5.41, 5.74) is 5.84. The number of nitrogens with one attached hydrogen (secondary N) is 1. The molecule has 0 bridgehead atoms. The molecule has 2 amide bonds. The largest absolute Gasteiger partial charge is 0.468 e. The van der Waals surface area contributed by atoms with Gasteiger partial charge in [-0.1, -0.05) is 77.4 Å². The van der Waals surface area contributed by atoms with Crippen LogP contribution in [0.25, 0.3) is 5.70 Å². The Morgan fingerprint density at radius 1 is 1.13 bits per heavy atom. The van der Waals surface area contributed by atoms with Gasteiger partial charge in [0.2, 0.25) is 5.88 Å². The third-order valence-electron chi connectivity index (χ3n) is 6.58. The minimum Gasteiger partial charge on any atom is -0.468 e. The van der Waals surface area contributed by atoms with Crippen molar-refractivity contribution in [1.82, 2.24) is 25.1 Å². The van der Waals surface area contributed by atoms with Crippen molar-refractivity contribution >= 4 is 17.5 Å². The van der Waals surface area contributed by atoms with Gasteiger partial charge in [-0.05, 0) is 50.2 Å². The number of rotatable bonds is 6. The highest BCUT2D eigenvalue weighted by atomic mass is 16.5. The van der Waals surface area contributed by atoms with Crippen LogP contribution in [0.3, 0.4) is 0 Å². The fraction of sp³-hybridized carbons (Fsp3) is 0.484. The van der Waals surface area contributed by atoms with Crippen LogP contribution in [0.15, 0.2) is 36.9 Å². The number of ether oxygens (including phenoxy) is 1. The van der Waals surface area contributed by atoms with Crippen LogP contribution in [0.2, 0.25) is 0 Å². The second-order valence-electron chi connectivity index (χ2n) is 9.92. The first kappa shape index (κ1) is 29.9. The average molecular weight is 533 g/mol. The first-order valence-electron chi connectivity index (χ1n) is 14.2. The molecule has 1 unspecified atom stereocenters. The number of hydrogen-bond donors (Lipinski definition) is 1. The van der Waals surface area contributed by atoms with Crippen molar-refractivity contribution in [3.63, 3.8) is 0 Å². The Kier molecular flexibility index (Phi) is 10.7. The smallest absolute Gasteiger partial charge is 0.327 e. The normalized spacial score (nSPS) is 15.7. The third kappa shape index (κ3) is 7.05. The number of nitrogens with zero attached hydrogens (tertiary/aromatic N) is 5. The molecule has 1 aromatic carbocycles. The zero-order valence-electron chi connectivity index (χ0n) is 24.7. The Labute approximate surface area is 233 Å². The minimum absolute atomic E-state index is 0.226. The number of anilines is 1. The number of imidazole rings is 1. The molecule has 1 atom stereocenters. The first-order chi connectivity index (χ1) is 18.8. The number of urea groups is 1. The fourth-order valence-electron chi connectivity index (χ4n) is 4.69. The van der Waals surface area contributed by atoms with E-state index >= 15 is 0 Å². The van der Waals surface area contributed by atoms with Crippen LogP contribution in [0.1, 0.15) is 88.3 Å². The van der Waals surface area contributed by atoms with Crippen LogP contribution in [0.4, 0.5) is 10.6 Å². The van der Waals surface area contributed by atoms with E-state index in [4.69, 9.17) is 9.72 Å². The minimum atomic E-state index is -0.235. The molecule has 0 fully saturated rings. The third-order valence-corrected chi connectivity index (χ3v) is 6.58. The van der Waals surface area contributed by atoms with E-state index in [0.717, 1.165) is 36.2 Å². The molecule has 0 saturated carbocycles. The van der Waals surface area contributed by atoms with E-state index in [1.807, 2.05) is 62.6 Å². The number of hydrogen-bond acceptors (Lipinski definition) is 5. The lowest BCUT2D eigenvalue weighted by Crippen LogP contribution is -2.43. The summed E-state index contributed by atoms with van der Waals surface area (Å²) in [6.07, 6.45) is 4.37. The Balaban J connectivity index is 0.000000787. The molecule has 5 rings (SSSR count). The number of carbonyl (C=O) groups is 1. The monoisotopic (exact) mass is 532 g/mol. The van der Waals surface area contributed by atoms with E-state index < -0.39 is 0 Å². The molecule has 1 aliphatic heterocycles. The maximum absolute atomic E-state index is 12.8. The van der Waals surface area contributed by atoms with E-state index in [-0.39, 0.29) is 12.6 Å². The molecule has 210 valence electrons. The molecule has 8 heteroatoms. The zero-order chi connectivity index (χ0) is 28.5. The van der Waals surface area contributed by atoms with Crippen molar-refractivity contribution in [2.45, 2.75) is 93.8 Å². The SMILES string of the molecule is C=C1NC(=O)N(Cc2ccc(C)cc2)c2nc(COc3cc4c(nn3)CCC(C)C4)n(CC)c21.CC.CCC. The van der Waals surface area contributed by atoms with Gasteiger partial charge >= 0.3 is 6.03 Å². The average Bonchev–Trinajstić information content (AvgIpc) is 3.31. The first-order valence-corrected chi connectivity index (χ1v) is 14.2. The molecule has 1 aliphatic carbocycles. The summed E-state index contributed by atoms with van der Waals surface area (Å²) in [4.78, 5) is 19.3. The number of carbonyl (C=O) groups excluding carboxylic acids is 1. The summed E-state index contributed by atoms with van der Waals surface area (Å²) in [5.74, 6) is 2.46. The molecule has 3 heterocycles. The van der Waals surface area contributed by atoms with E-state index in [1.165, 1.54) is 17.5 Å². The quantitative estimate of drug-likeness (QED) is 0.375. The van der Waals surface area contributed by atoms with Crippen LogP contribution in [0, 0.1) is 12.8 Å². The molecule has 2 aromatic heterocycles. The fourth-order valence-corrected chi connectivity index (χ4v) is 4.69. The molecule has 8 nitrogen and oxygen atoms in total. The van der Waals surface area contributed by atoms with Crippen molar-refractivity contribution in [3.8, 4) is 5.88 Å². The molecule has 0 radical (unpaired) electrons. The lowest BCUT2D eigenvalue weighted by Gasteiger charge is -2.28. The van der Waals surface area contributed by atoms with Crippen LogP contribution >= 0.6 is 0 Å². The standard InChI is InChI=1S/C26H30N6O2.C3H8.C2H6/c1-5-31-22(15-34-23-13-20-12-17(3)8-11-21(20)29-30-23)28-25-24(31)18(4)27-26(33)32(25)14-19-9-6-16(2)7-10-19;1-3-2;1-2/h6-7,9-10,13,17H,4-5,8,11-12,14-15H2,1-3H3,(H,27,33);3H2,1-2H3;1-2H3. The molecular weight excluding hydrogens is 488 g/mol. The van der Waals surface area contributed by atoms with Crippen LogP contribution < -0.4 is 15.0 Å². The molecule has 0 spiro atoms. The Hall–Kier alpha value is -3.68. The van der Waals surface area contributed by atoms with Gasteiger partial charge in [-0.25, -0.2) is 9.78 Å². The second kappa shape index (κ2) is 13.9. The molecule has 0 saturated heterocycles. The zero-order valence-corrected chi connectivity index (χ0v) is 24.7. The molecule has 2 aliphatic rings. The topological polar surface area (TPSA) is 85.2 Å². The maximum Gasteiger partial charge on any atom is 0.327 e. The van der Waals surface area contributed by atoms with Gasteiger partial charge in [0.1, 0.15) is 18.1 Å². The van der Waals surface area contributed by atoms with Crippen molar-refractivity contribution in [3.05, 3.63) is 70.8 Å². The van der Waals surface area contributed by atoms with Crippen LogP contribution in [0.5, 0.6) is 5.88 Å². The van der Waals surface area contributed by atoms with E-state index in [9.17, 15) is 4.79 Å². The predicted molar refractivity (Wildman–Crippen MR) is 158 cm³/mol. The molecule has 3 aromatic rings. The van der Waals surface area contributed by atoms with Crippen molar-refractivity contribution in [1.29, 1.82) is 0 Å². The Bertz CT molecular complexity index is 1260. The number of aromatic nitrogens is 4. The predicted octanol–water partition coefficient (Wildman–Crippen LogP) is 6.85. The summed E-state index contributed by atoms with van der Waals surface area (Å²) in [5, 5.41) is 11.5. The van der Waals surface area contributed by atoms with Crippen molar-refractivity contribution < 1.29 is 9.53 Å². The van der Waals surface area contributed by atoms with Gasteiger partial charge in [0.05, 0.1) is 17.9 Å². The highest BCUT2D eigenvalue weighted by Gasteiger charge is 2.32. The Morgan fingerprint density at radius 2 is 1.82 bits per heavy atom. The van der Waals surface area contributed by atoms with E-state index in [2.05, 4.69) is 42.9 Å². The second-order valence-corrected chi connectivity index (χ2v) is 9.92. The lowest BCUT2D eigenvalue weighted by atomic mass is 9.88. The number of fused-ring (bicyclic) bond motifs is 2. The van der Waals surface area contributed by atoms with Crippen LogP contribution in [-0.2, 0) is 32.5 Å². The summed E-state index contributed by atoms with van der Waals surface area (Å²) < 4.78 is 8.07. The summed E-state index contributed by atoms with van der Waals surface area (Å²) in [6, 6.07) is 9.92. The Morgan fingerprint density at radius 3 is 2.49 bits per heavy atom. The van der Waals surface area contributed by atoms with Gasteiger partial charge < -0.3 is 14.6 Å². The highest BCUT2D eigenvalue weighted by molar-refractivity contribution is 6.02. The molecule has 1 N–H and O–H groups in total. The highest BCUT2D eigenvalue weighted by Crippen LogP contribution is 2.32. The van der Waals surface area contributed by atoms with Gasteiger partial charge in [-0.15, -0.1) is 5.10 Å². The van der Waals surface area contributed by atoms with Crippen LogP contribution in [-0.4, -0.2) is 25.8 Å². The van der Waals surface area contributed by atoms with Gasteiger partial charge in [0.15, 0.2) is 5.82 Å². The maximum atomic E-state index is 12.8. The van der Waals surface area contributed by atoms with Gasteiger partial charge in [-0.3, -0.25) is 4.90 Å². The van der Waals surface area contributed by atoms with Crippen molar-refractivity contribution in [2.24, 2.45) is 5.92 Å². The lowest BCUT2D eigenvalue weighted by molar-refractivity contribution is 0.249. The van der Waals surface area contributed by atoms with Crippen molar-refractivity contribution in [2.75, 3.05) is 4.90 Å². The molecule has 39 heavy (non-hydrogen) atoms. The van der Waals surface area contributed by atoms with E-state index in [1.54, 1.807) is 4.90 Å². The van der Waals surface area contributed by atoms with E-state index in [0.29, 0.717) is 42.2 Å². The van der Waals surface area contributed by atoms with Gasteiger partial charge in [0.25, 0.3) is 0 Å². The summed E-state index contributed by atoms with van der Waals surface area (Å²) in [7, 11) is 0.